The molecule has 2 fully saturated rings. The van der Waals surface area contributed by atoms with Crippen LogP contribution in [0.4, 0.5) is 13.2 Å². The average Bonchev–Trinajstić information content (AvgIpc) is 3.52. The molecule has 1 aliphatic heterocycles. The number of halogens is 3. The van der Waals surface area contributed by atoms with Gasteiger partial charge in [-0.2, -0.15) is 17.9 Å². The molecule has 0 amide bonds. The first-order chi connectivity index (χ1) is 20.3. The van der Waals surface area contributed by atoms with Gasteiger partial charge in [0.05, 0.1) is 12.8 Å². The number of hydrogen-bond donors (Lipinski definition) is 0. The van der Waals surface area contributed by atoms with Gasteiger partial charge in [0.1, 0.15) is 5.75 Å². The maximum Gasteiger partial charge on any atom is 0.453 e. The number of nitrogens with zero attached hydrogens (tertiary/aromatic N) is 6. The minimum Gasteiger partial charge on any atom is -0.496 e. The number of hydrogen-bond acceptors (Lipinski definition) is 6. The summed E-state index contributed by atoms with van der Waals surface area (Å²) >= 11 is 0. The van der Waals surface area contributed by atoms with Crippen LogP contribution in [0.15, 0.2) is 78.9 Å². The van der Waals surface area contributed by atoms with Gasteiger partial charge in [0.25, 0.3) is 5.82 Å². The van der Waals surface area contributed by atoms with Gasteiger partial charge in [0.15, 0.2) is 0 Å². The Kier molecular flexibility index (Phi) is 8.00. The van der Waals surface area contributed by atoms with Crippen LogP contribution < -0.4 is 4.74 Å². The van der Waals surface area contributed by atoms with Crippen LogP contribution in [0, 0.1) is 0 Å². The smallest absolute Gasteiger partial charge is 0.453 e. The number of fused-ring (bicyclic) bond motifs is 1. The summed E-state index contributed by atoms with van der Waals surface area (Å²) in [7, 11) is 3.86. The van der Waals surface area contributed by atoms with E-state index in [1.807, 2.05) is 12.1 Å². The van der Waals surface area contributed by atoms with Crippen LogP contribution in [0.2, 0.25) is 0 Å². The number of alkyl halides is 3. The molecule has 0 radical (unpaired) electrons. The van der Waals surface area contributed by atoms with Gasteiger partial charge >= 0.3 is 6.18 Å². The molecule has 220 valence electrons. The van der Waals surface area contributed by atoms with Gasteiger partial charge in [0.2, 0.25) is 0 Å². The van der Waals surface area contributed by atoms with Crippen molar-refractivity contribution in [1.82, 2.24) is 30.0 Å². The van der Waals surface area contributed by atoms with Crippen molar-refractivity contribution < 1.29 is 17.9 Å². The number of piperazine rings is 1. The largest absolute Gasteiger partial charge is 0.496 e. The van der Waals surface area contributed by atoms with Crippen LogP contribution >= 0.6 is 0 Å². The SMILES string of the molecule is COc1ccc(-n2nnnc2C(F)(F)F)cc1CN1CC(C(c2ccccc2)c2ccccc2)N(C)C2CCCCC21. The number of likely N-dealkylation sites (N-methyl/N-ethyl adjacent to an activating group) is 1. The molecule has 0 bridgehead atoms. The highest BCUT2D eigenvalue weighted by Crippen LogP contribution is 2.40. The highest BCUT2D eigenvalue weighted by Gasteiger charge is 2.44. The van der Waals surface area contributed by atoms with E-state index in [1.54, 1.807) is 25.3 Å². The minimum absolute atomic E-state index is 0.159. The normalized spacial score (nSPS) is 21.8. The number of tetrazole rings is 1. The van der Waals surface area contributed by atoms with E-state index in [0.29, 0.717) is 24.4 Å². The molecule has 0 spiro atoms. The number of aromatic nitrogens is 4. The molecule has 0 N–H and O–H groups in total. The number of methoxy groups -OCH3 is 1. The first kappa shape index (κ1) is 28.4. The lowest BCUT2D eigenvalue weighted by molar-refractivity contribution is -0.146. The molecule has 1 aromatic heterocycles. The van der Waals surface area contributed by atoms with E-state index in [4.69, 9.17) is 4.74 Å². The van der Waals surface area contributed by atoms with E-state index in [-0.39, 0.29) is 17.6 Å². The van der Waals surface area contributed by atoms with Crippen molar-refractivity contribution in [2.75, 3.05) is 20.7 Å². The van der Waals surface area contributed by atoms with Gasteiger partial charge in [-0.05, 0) is 59.6 Å². The van der Waals surface area contributed by atoms with Crippen LogP contribution in [-0.4, -0.2) is 68.8 Å². The van der Waals surface area contributed by atoms with E-state index in [0.717, 1.165) is 36.1 Å². The molecular formula is C32H35F3N6O. The molecule has 7 nitrogen and oxygen atoms in total. The lowest BCUT2D eigenvalue weighted by Gasteiger charge is -2.54. The van der Waals surface area contributed by atoms with E-state index in [2.05, 4.69) is 80.9 Å². The maximum atomic E-state index is 13.6. The Morgan fingerprint density at radius 1 is 0.905 bits per heavy atom. The molecule has 1 aliphatic carbocycles. The molecule has 3 aromatic carbocycles. The lowest BCUT2D eigenvalue weighted by Crippen LogP contribution is -2.64. The van der Waals surface area contributed by atoms with Gasteiger partial charge in [-0.1, -0.05) is 73.5 Å². The monoisotopic (exact) mass is 576 g/mol. The Hall–Kier alpha value is -3.76. The summed E-state index contributed by atoms with van der Waals surface area (Å²) in [4.78, 5) is 5.12. The van der Waals surface area contributed by atoms with Crippen molar-refractivity contribution in [2.24, 2.45) is 0 Å². The summed E-state index contributed by atoms with van der Waals surface area (Å²) < 4.78 is 47.3. The van der Waals surface area contributed by atoms with Crippen LogP contribution in [0.3, 0.4) is 0 Å². The molecule has 1 saturated carbocycles. The average molecular weight is 577 g/mol. The van der Waals surface area contributed by atoms with Crippen molar-refractivity contribution in [1.29, 1.82) is 0 Å². The van der Waals surface area contributed by atoms with Crippen LogP contribution in [0.25, 0.3) is 5.69 Å². The maximum absolute atomic E-state index is 13.6. The third-order valence-corrected chi connectivity index (χ3v) is 8.94. The molecule has 2 aliphatic rings. The van der Waals surface area contributed by atoms with E-state index in [1.165, 1.54) is 17.5 Å². The fourth-order valence-electron chi connectivity index (χ4n) is 7.00. The number of benzene rings is 3. The fraction of sp³-hybridized carbons (Fsp3) is 0.406. The topological polar surface area (TPSA) is 59.3 Å². The van der Waals surface area contributed by atoms with E-state index < -0.39 is 12.0 Å². The standard InChI is InChI=1S/C32H35F3N6O/c1-39-26-15-9-10-16-27(26)40(21-28(39)30(22-11-5-3-6-12-22)23-13-7-4-8-14-23)20-24-19-25(17-18-29(24)42-2)41-31(32(33,34)35)36-37-38-41/h3-8,11-14,17-19,26-28,30H,9-10,15-16,20-21H2,1-2H3. The van der Waals surface area contributed by atoms with E-state index >= 15 is 0 Å². The number of ether oxygens (including phenoxy) is 1. The van der Waals surface area contributed by atoms with Gasteiger partial charge in [0, 0.05) is 42.7 Å². The number of rotatable bonds is 7. The molecule has 3 unspecified atom stereocenters. The zero-order chi connectivity index (χ0) is 29.3. The second-order valence-electron chi connectivity index (χ2n) is 11.3. The third kappa shape index (κ3) is 5.53. The Labute approximate surface area is 243 Å². The second-order valence-corrected chi connectivity index (χ2v) is 11.3. The molecule has 42 heavy (non-hydrogen) atoms. The second kappa shape index (κ2) is 11.9. The van der Waals surface area contributed by atoms with Crippen molar-refractivity contribution in [3.8, 4) is 11.4 Å². The lowest BCUT2D eigenvalue weighted by atomic mass is 9.78. The highest BCUT2D eigenvalue weighted by molar-refractivity contribution is 5.44. The first-order valence-electron chi connectivity index (χ1n) is 14.4. The zero-order valence-electron chi connectivity index (χ0n) is 23.8. The van der Waals surface area contributed by atoms with Crippen molar-refractivity contribution in [3.63, 3.8) is 0 Å². The zero-order valence-corrected chi connectivity index (χ0v) is 23.8. The Morgan fingerprint density at radius 3 is 2.17 bits per heavy atom. The third-order valence-electron chi connectivity index (χ3n) is 8.94. The Bertz CT molecular complexity index is 1440. The predicted molar refractivity (Wildman–Crippen MR) is 153 cm³/mol. The summed E-state index contributed by atoms with van der Waals surface area (Å²) in [5.41, 5.74) is 3.60. The van der Waals surface area contributed by atoms with Crippen LogP contribution in [-0.2, 0) is 12.7 Å². The molecule has 10 heteroatoms. The van der Waals surface area contributed by atoms with Crippen molar-refractivity contribution >= 4 is 0 Å². The summed E-state index contributed by atoms with van der Waals surface area (Å²) in [6, 6.07) is 27.2. The molecule has 3 atom stereocenters. The Balaban J connectivity index is 1.38. The van der Waals surface area contributed by atoms with Gasteiger partial charge < -0.3 is 4.74 Å². The molecule has 6 rings (SSSR count). The van der Waals surface area contributed by atoms with Crippen molar-refractivity contribution in [2.45, 2.75) is 62.4 Å². The van der Waals surface area contributed by atoms with Gasteiger partial charge in [-0.25, -0.2) is 0 Å². The van der Waals surface area contributed by atoms with Gasteiger partial charge in [-0.3, -0.25) is 9.80 Å². The molecule has 2 heterocycles. The Morgan fingerprint density at radius 2 is 1.55 bits per heavy atom. The fourth-order valence-corrected chi connectivity index (χ4v) is 7.00. The quantitative estimate of drug-likeness (QED) is 0.271. The summed E-state index contributed by atoms with van der Waals surface area (Å²) in [5.74, 6) is -0.364. The van der Waals surface area contributed by atoms with Gasteiger partial charge in [-0.15, -0.1) is 5.10 Å². The summed E-state index contributed by atoms with van der Waals surface area (Å²) in [6.45, 7) is 1.35. The van der Waals surface area contributed by atoms with Crippen LogP contribution in [0.1, 0.15) is 54.1 Å². The molecule has 4 aromatic rings. The predicted octanol–water partition coefficient (Wildman–Crippen LogP) is 5.95. The van der Waals surface area contributed by atoms with Crippen molar-refractivity contribution in [3.05, 3.63) is 101 Å². The minimum atomic E-state index is -4.67. The highest BCUT2D eigenvalue weighted by atomic mass is 19.4. The summed E-state index contributed by atoms with van der Waals surface area (Å²) in [5, 5.41) is 10.2. The summed E-state index contributed by atoms with van der Waals surface area (Å²) in [6.07, 6.45) is -0.135. The molecule has 1 saturated heterocycles. The van der Waals surface area contributed by atoms with E-state index in [9.17, 15) is 13.2 Å². The van der Waals surface area contributed by atoms with Crippen LogP contribution in [0.5, 0.6) is 5.75 Å². The molecular weight excluding hydrogens is 541 g/mol. The first-order valence-corrected chi connectivity index (χ1v) is 14.4.